The van der Waals surface area contributed by atoms with Crippen molar-refractivity contribution in [2.45, 2.75) is 96.3 Å². The Hall–Kier alpha value is 0.0700. The Kier molecular flexibility index (Phi) is 13.9. The molecule has 1 fully saturated rings. The van der Waals surface area contributed by atoms with Gasteiger partial charge in [-0.15, -0.1) is 0 Å². The van der Waals surface area contributed by atoms with Gasteiger partial charge in [0.15, 0.2) is 0 Å². The maximum atomic E-state index is 11.7. The van der Waals surface area contributed by atoms with Crippen molar-refractivity contribution in [3.63, 3.8) is 0 Å². The topological polar surface area (TPSA) is 58.6 Å². The Balaban J connectivity index is 1.82. The van der Waals surface area contributed by atoms with Gasteiger partial charge in [0.25, 0.3) is 7.82 Å². The van der Waals surface area contributed by atoms with E-state index in [0.717, 1.165) is 25.2 Å². The van der Waals surface area contributed by atoms with Crippen LogP contribution in [0.5, 0.6) is 0 Å². The standard InChI is InChI=1S/C22H46NO4P/c1-23(2,3)19-21-27-28(24,25)26-20-15-10-8-6-4-5-7-9-12-16-22-17-13-11-14-18-22/h22H,4-21H2,1-3H3. The highest BCUT2D eigenvalue weighted by molar-refractivity contribution is 7.45. The molecule has 0 aliphatic heterocycles. The normalized spacial score (nSPS) is 18.3. The van der Waals surface area contributed by atoms with E-state index in [2.05, 4.69) is 0 Å². The molecule has 1 unspecified atom stereocenters. The Labute approximate surface area is 174 Å². The van der Waals surface area contributed by atoms with Crippen LogP contribution in [0.25, 0.3) is 0 Å². The Bertz CT molecular complexity index is 419. The molecule has 0 spiro atoms. The van der Waals surface area contributed by atoms with Gasteiger partial charge in [0.05, 0.1) is 27.7 Å². The fraction of sp³-hybridized carbons (Fsp3) is 1.00. The van der Waals surface area contributed by atoms with Crippen LogP contribution in [0.4, 0.5) is 0 Å². The zero-order valence-corrected chi connectivity index (χ0v) is 19.7. The molecule has 1 atom stereocenters. The number of quaternary nitrogens is 1. The van der Waals surface area contributed by atoms with Crippen LogP contribution < -0.4 is 4.89 Å². The lowest BCUT2D eigenvalue weighted by Gasteiger charge is -2.27. The van der Waals surface area contributed by atoms with E-state index < -0.39 is 7.82 Å². The Morgan fingerprint density at radius 2 is 1.29 bits per heavy atom. The van der Waals surface area contributed by atoms with E-state index in [4.69, 9.17) is 9.05 Å². The number of nitrogens with zero attached hydrogens (tertiary/aromatic N) is 1. The summed E-state index contributed by atoms with van der Waals surface area (Å²) in [7, 11) is 1.87. The second kappa shape index (κ2) is 15.0. The molecule has 0 aromatic heterocycles. The van der Waals surface area contributed by atoms with E-state index in [0.29, 0.717) is 11.0 Å². The first-order valence-electron chi connectivity index (χ1n) is 11.7. The highest BCUT2D eigenvalue weighted by Gasteiger charge is 2.13. The highest BCUT2D eigenvalue weighted by Crippen LogP contribution is 2.38. The number of hydrogen-bond donors (Lipinski definition) is 0. The van der Waals surface area contributed by atoms with E-state index >= 15 is 0 Å². The van der Waals surface area contributed by atoms with Gasteiger partial charge in [-0.1, -0.05) is 89.9 Å². The van der Waals surface area contributed by atoms with Gasteiger partial charge in [-0.2, -0.15) is 0 Å². The van der Waals surface area contributed by atoms with Gasteiger partial charge >= 0.3 is 0 Å². The minimum Gasteiger partial charge on any atom is -0.756 e. The maximum Gasteiger partial charge on any atom is 0.268 e. The number of likely N-dealkylation sites (N-methyl/N-ethyl adjacent to an activating group) is 1. The molecule has 0 radical (unpaired) electrons. The summed E-state index contributed by atoms with van der Waals surface area (Å²) >= 11 is 0. The second-order valence-electron chi connectivity index (χ2n) is 9.60. The van der Waals surface area contributed by atoms with Gasteiger partial charge in [-0.05, 0) is 12.3 Å². The fourth-order valence-corrected chi connectivity index (χ4v) is 4.62. The predicted molar refractivity (Wildman–Crippen MR) is 115 cm³/mol. The van der Waals surface area contributed by atoms with Crippen molar-refractivity contribution in [3.8, 4) is 0 Å². The lowest BCUT2D eigenvalue weighted by atomic mass is 9.85. The number of unbranched alkanes of at least 4 members (excludes halogenated alkanes) is 8. The third kappa shape index (κ3) is 15.9. The van der Waals surface area contributed by atoms with Gasteiger partial charge in [0.1, 0.15) is 13.2 Å². The summed E-state index contributed by atoms with van der Waals surface area (Å²) in [6.45, 7) is 1.05. The quantitative estimate of drug-likeness (QED) is 0.173. The minimum absolute atomic E-state index is 0.172. The van der Waals surface area contributed by atoms with Crippen LogP contribution in [0.3, 0.4) is 0 Å². The largest absolute Gasteiger partial charge is 0.756 e. The van der Waals surface area contributed by atoms with Crippen molar-refractivity contribution in [1.82, 2.24) is 0 Å². The third-order valence-electron chi connectivity index (χ3n) is 5.74. The van der Waals surface area contributed by atoms with Crippen LogP contribution in [-0.4, -0.2) is 45.4 Å². The van der Waals surface area contributed by atoms with Crippen molar-refractivity contribution in [3.05, 3.63) is 0 Å². The SMILES string of the molecule is C[N+](C)(C)CCOP(=O)([O-])OCCCCCCCCCCCC1CCCCC1. The van der Waals surface area contributed by atoms with Crippen molar-refractivity contribution >= 4 is 7.82 Å². The molecule has 5 nitrogen and oxygen atoms in total. The van der Waals surface area contributed by atoms with Crippen LogP contribution in [0.1, 0.15) is 96.3 Å². The van der Waals surface area contributed by atoms with E-state index in [1.807, 2.05) is 21.1 Å². The second-order valence-corrected chi connectivity index (χ2v) is 11.0. The molecule has 1 aliphatic rings. The molecule has 0 N–H and O–H groups in total. The lowest BCUT2D eigenvalue weighted by molar-refractivity contribution is -0.870. The summed E-state index contributed by atoms with van der Waals surface area (Å²) < 4.78 is 22.2. The average molecular weight is 420 g/mol. The molecule has 1 rings (SSSR count). The van der Waals surface area contributed by atoms with Gasteiger partial charge in [-0.3, -0.25) is 4.57 Å². The zero-order chi connectivity index (χ0) is 20.7. The monoisotopic (exact) mass is 419 g/mol. The van der Waals surface area contributed by atoms with Gasteiger partial charge in [0, 0.05) is 0 Å². The fourth-order valence-electron chi connectivity index (χ4n) is 3.89. The Morgan fingerprint density at radius 3 is 1.86 bits per heavy atom. The Morgan fingerprint density at radius 1 is 0.786 bits per heavy atom. The molecule has 0 bridgehead atoms. The molecule has 0 amide bonds. The molecule has 0 aromatic rings. The summed E-state index contributed by atoms with van der Waals surface area (Å²) in [6.07, 6.45) is 19.9. The van der Waals surface area contributed by atoms with E-state index in [1.165, 1.54) is 77.0 Å². The average Bonchev–Trinajstić information content (AvgIpc) is 2.62. The van der Waals surface area contributed by atoms with E-state index in [1.54, 1.807) is 0 Å². The number of hydrogen-bond acceptors (Lipinski definition) is 4. The highest BCUT2D eigenvalue weighted by atomic mass is 31.2. The van der Waals surface area contributed by atoms with E-state index in [-0.39, 0.29) is 13.2 Å². The van der Waals surface area contributed by atoms with Crippen molar-refractivity contribution in [2.24, 2.45) is 5.92 Å². The van der Waals surface area contributed by atoms with Crippen molar-refractivity contribution < 1.29 is 23.0 Å². The van der Waals surface area contributed by atoms with Crippen LogP contribution >= 0.6 is 7.82 Å². The molecular weight excluding hydrogens is 373 g/mol. The van der Waals surface area contributed by atoms with Crippen molar-refractivity contribution in [2.75, 3.05) is 40.9 Å². The summed E-state index contributed by atoms with van der Waals surface area (Å²) in [5, 5.41) is 0. The molecule has 0 saturated heterocycles. The summed E-state index contributed by atoms with van der Waals surface area (Å²) in [4.78, 5) is 11.7. The predicted octanol–water partition coefficient (Wildman–Crippen LogP) is 5.68. The summed E-state index contributed by atoms with van der Waals surface area (Å²) in [5.41, 5.74) is 0. The molecule has 0 heterocycles. The van der Waals surface area contributed by atoms with Gasteiger partial charge in [0.2, 0.25) is 0 Å². The minimum atomic E-state index is -4.13. The molecule has 1 saturated carbocycles. The summed E-state index contributed by atoms with van der Waals surface area (Å²) in [6, 6.07) is 0. The van der Waals surface area contributed by atoms with E-state index in [9.17, 15) is 9.46 Å². The van der Waals surface area contributed by atoms with Crippen LogP contribution in [0.15, 0.2) is 0 Å². The molecule has 0 aromatic carbocycles. The first-order chi connectivity index (χ1) is 13.3. The number of phosphoric acid groups is 1. The first-order valence-corrected chi connectivity index (χ1v) is 13.2. The molecular formula is C22H46NO4P. The molecule has 1 aliphatic carbocycles. The molecule has 6 heteroatoms. The van der Waals surface area contributed by atoms with Gasteiger partial charge in [-0.25, -0.2) is 0 Å². The van der Waals surface area contributed by atoms with Crippen molar-refractivity contribution in [1.29, 1.82) is 0 Å². The molecule has 168 valence electrons. The summed E-state index contributed by atoms with van der Waals surface area (Å²) in [5.74, 6) is 1.03. The lowest BCUT2D eigenvalue weighted by Crippen LogP contribution is -2.37. The number of rotatable bonds is 17. The van der Waals surface area contributed by atoms with Crippen LogP contribution in [0.2, 0.25) is 0 Å². The molecule has 28 heavy (non-hydrogen) atoms. The van der Waals surface area contributed by atoms with Gasteiger partial charge < -0.3 is 18.4 Å². The van der Waals surface area contributed by atoms with Crippen LogP contribution in [-0.2, 0) is 13.6 Å². The maximum absolute atomic E-state index is 11.7. The smallest absolute Gasteiger partial charge is 0.268 e. The van der Waals surface area contributed by atoms with Crippen LogP contribution in [0, 0.1) is 5.92 Å². The first kappa shape index (κ1) is 26.1. The number of phosphoric ester groups is 1. The third-order valence-corrected chi connectivity index (χ3v) is 6.74. The zero-order valence-electron chi connectivity index (χ0n) is 18.8.